The predicted molar refractivity (Wildman–Crippen MR) is 109 cm³/mol. The third-order valence-electron chi connectivity index (χ3n) is 7.19. The summed E-state index contributed by atoms with van der Waals surface area (Å²) >= 11 is 0. The maximum absolute atomic E-state index is 12.7. The third kappa shape index (κ3) is 3.61. The molecular weight excluding hydrogens is 350 g/mol. The highest BCUT2D eigenvalue weighted by molar-refractivity contribution is 5.97. The molecule has 148 valence electrons. The normalized spacial score (nSPS) is 31.8. The summed E-state index contributed by atoms with van der Waals surface area (Å²) in [6.45, 7) is 2.14. The number of carbonyl (C=O) groups excluding carboxylic acids is 1. The summed E-state index contributed by atoms with van der Waals surface area (Å²) in [4.78, 5) is 12.7. The molecule has 4 aliphatic carbocycles. The van der Waals surface area contributed by atoms with E-state index in [9.17, 15) is 10.1 Å². The Kier molecular flexibility index (Phi) is 5.05. The van der Waals surface area contributed by atoms with E-state index in [1.165, 1.54) is 44.7 Å². The van der Waals surface area contributed by atoms with E-state index < -0.39 is 0 Å². The standard InChI is InChI=1S/C23H29N3O2/c1-15(23-10-16-7-17(11-23)9-18(8-16)12-23)26-22(27)19(13-24)14-25-20-3-5-21(28-2)6-4-20/h3-6,14-18,25H,7-12H2,1-2H3,(H,26,27)/b19-14-. The van der Waals surface area contributed by atoms with Crippen molar-refractivity contribution in [2.24, 2.45) is 23.2 Å². The highest BCUT2D eigenvalue weighted by Crippen LogP contribution is 2.61. The maximum atomic E-state index is 12.7. The molecule has 0 aromatic heterocycles. The fraction of sp³-hybridized carbons (Fsp3) is 0.565. The minimum absolute atomic E-state index is 0.103. The van der Waals surface area contributed by atoms with Gasteiger partial charge in [-0.05, 0) is 92.9 Å². The monoisotopic (exact) mass is 379 g/mol. The maximum Gasteiger partial charge on any atom is 0.263 e. The molecule has 1 amide bonds. The molecule has 1 atom stereocenters. The predicted octanol–water partition coefficient (Wildman–Crippen LogP) is 4.24. The van der Waals surface area contributed by atoms with Gasteiger partial charge in [0.2, 0.25) is 0 Å². The number of nitriles is 1. The lowest BCUT2D eigenvalue weighted by molar-refractivity contribution is -0.122. The van der Waals surface area contributed by atoms with E-state index >= 15 is 0 Å². The average molecular weight is 380 g/mol. The summed E-state index contributed by atoms with van der Waals surface area (Å²) in [5.41, 5.74) is 1.14. The van der Waals surface area contributed by atoms with Crippen LogP contribution < -0.4 is 15.4 Å². The minimum atomic E-state index is -0.285. The van der Waals surface area contributed by atoms with Gasteiger partial charge < -0.3 is 15.4 Å². The Labute approximate surface area is 167 Å². The molecule has 0 radical (unpaired) electrons. The summed E-state index contributed by atoms with van der Waals surface area (Å²) in [7, 11) is 1.62. The SMILES string of the molecule is COc1ccc(N/C=C(/C#N)C(=O)NC(C)C23CC4CC(CC(C4)C2)C3)cc1. The number of nitrogens with one attached hydrogen (secondary N) is 2. The van der Waals surface area contributed by atoms with Crippen LogP contribution in [0.3, 0.4) is 0 Å². The van der Waals surface area contributed by atoms with Gasteiger partial charge in [-0.1, -0.05) is 0 Å². The van der Waals surface area contributed by atoms with E-state index in [0.717, 1.165) is 29.2 Å². The molecule has 0 saturated heterocycles. The van der Waals surface area contributed by atoms with Crippen LogP contribution in [-0.4, -0.2) is 19.1 Å². The molecule has 4 aliphatic rings. The first-order valence-corrected chi connectivity index (χ1v) is 10.3. The summed E-state index contributed by atoms with van der Waals surface area (Å²) < 4.78 is 5.14. The summed E-state index contributed by atoms with van der Waals surface area (Å²) in [5.74, 6) is 3.00. The van der Waals surface area contributed by atoms with Gasteiger partial charge >= 0.3 is 0 Å². The second-order valence-electron chi connectivity index (χ2n) is 9.02. The quantitative estimate of drug-likeness (QED) is 0.573. The summed E-state index contributed by atoms with van der Waals surface area (Å²) in [6, 6.07) is 9.50. The van der Waals surface area contributed by atoms with Crippen LogP contribution >= 0.6 is 0 Å². The fourth-order valence-electron chi connectivity index (χ4n) is 6.13. The molecular formula is C23H29N3O2. The number of anilines is 1. The molecule has 5 rings (SSSR count). The highest BCUT2D eigenvalue weighted by atomic mass is 16.5. The van der Waals surface area contributed by atoms with E-state index in [0.29, 0.717) is 0 Å². The van der Waals surface area contributed by atoms with Gasteiger partial charge in [0.25, 0.3) is 5.91 Å². The zero-order chi connectivity index (χ0) is 19.7. The number of rotatable bonds is 6. The van der Waals surface area contributed by atoms with E-state index in [-0.39, 0.29) is 22.9 Å². The molecule has 1 unspecified atom stereocenters. The van der Waals surface area contributed by atoms with Crippen molar-refractivity contribution in [1.82, 2.24) is 5.32 Å². The van der Waals surface area contributed by atoms with Crippen LogP contribution in [0.1, 0.15) is 45.4 Å². The van der Waals surface area contributed by atoms with E-state index in [4.69, 9.17) is 4.74 Å². The van der Waals surface area contributed by atoms with E-state index in [2.05, 4.69) is 17.6 Å². The number of nitrogens with zero attached hydrogens (tertiary/aromatic N) is 1. The molecule has 0 aliphatic heterocycles. The number of ether oxygens (including phenoxy) is 1. The molecule has 2 N–H and O–H groups in total. The topological polar surface area (TPSA) is 74.1 Å². The lowest BCUT2D eigenvalue weighted by Gasteiger charge is -2.59. The molecule has 4 bridgehead atoms. The molecule has 5 nitrogen and oxygen atoms in total. The second kappa shape index (κ2) is 7.50. The van der Waals surface area contributed by atoms with Crippen molar-refractivity contribution in [3.63, 3.8) is 0 Å². The van der Waals surface area contributed by atoms with Gasteiger partial charge in [0.15, 0.2) is 0 Å². The number of benzene rings is 1. The number of amides is 1. The van der Waals surface area contributed by atoms with Gasteiger partial charge in [-0.2, -0.15) is 5.26 Å². The van der Waals surface area contributed by atoms with Crippen LogP contribution in [0.4, 0.5) is 5.69 Å². The average Bonchev–Trinajstić information content (AvgIpc) is 2.68. The number of hydrogen-bond donors (Lipinski definition) is 2. The molecule has 28 heavy (non-hydrogen) atoms. The first kappa shape index (κ1) is 18.9. The van der Waals surface area contributed by atoms with Crippen molar-refractivity contribution in [3.05, 3.63) is 36.0 Å². The van der Waals surface area contributed by atoms with Crippen molar-refractivity contribution in [2.45, 2.75) is 51.5 Å². The number of carbonyl (C=O) groups is 1. The van der Waals surface area contributed by atoms with Crippen LogP contribution in [0.25, 0.3) is 0 Å². The fourth-order valence-corrected chi connectivity index (χ4v) is 6.13. The molecule has 1 aromatic rings. The molecule has 5 heteroatoms. The van der Waals surface area contributed by atoms with E-state index in [1.807, 2.05) is 30.3 Å². The van der Waals surface area contributed by atoms with Crippen molar-refractivity contribution in [3.8, 4) is 11.8 Å². The molecule has 4 fully saturated rings. The Bertz CT molecular complexity index is 771. The van der Waals surface area contributed by atoms with Crippen LogP contribution in [0.15, 0.2) is 36.0 Å². The molecule has 1 aromatic carbocycles. The second-order valence-corrected chi connectivity index (χ2v) is 9.02. The Hall–Kier alpha value is -2.48. The van der Waals surface area contributed by atoms with Crippen molar-refractivity contribution >= 4 is 11.6 Å². The highest BCUT2D eigenvalue weighted by Gasteiger charge is 2.53. The Morgan fingerprint density at radius 3 is 2.25 bits per heavy atom. The van der Waals surface area contributed by atoms with Gasteiger partial charge in [0, 0.05) is 17.9 Å². The van der Waals surface area contributed by atoms with Crippen LogP contribution in [0.5, 0.6) is 5.75 Å². The van der Waals surface area contributed by atoms with Gasteiger partial charge in [-0.3, -0.25) is 4.79 Å². The number of methoxy groups -OCH3 is 1. The van der Waals surface area contributed by atoms with Crippen LogP contribution in [0, 0.1) is 34.5 Å². The van der Waals surface area contributed by atoms with Gasteiger partial charge in [0.05, 0.1) is 7.11 Å². The largest absolute Gasteiger partial charge is 0.497 e. The zero-order valence-corrected chi connectivity index (χ0v) is 16.7. The van der Waals surface area contributed by atoms with Gasteiger partial charge in [-0.15, -0.1) is 0 Å². The summed E-state index contributed by atoms with van der Waals surface area (Å²) in [6.07, 6.45) is 9.34. The Morgan fingerprint density at radius 1 is 1.18 bits per heavy atom. The Morgan fingerprint density at radius 2 is 1.75 bits per heavy atom. The minimum Gasteiger partial charge on any atom is -0.497 e. The molecule has 4 saturated carbocycles. The van der Waals surface area contributed by atoms with Crippen molar-refractivity contribution in [2.75, 3.05) is 12.4 Å². The molecule has 0 spiro atoms. The first-order chi connectivity index (χ1) is 13.5. The van der Waals surface area contributed by atoms with Crippen LogP contribution in [0.2, 0.25) is 0 Å². The first-order valence-electron chi connectivity index (χ1n) is 10.3. The van der Waals surface area contributed by atoms with E-state index in [1.54, 1.807) is 7.11 Å². The lowest BCUT2D eigenvalue weighted by atomic mass is 9.48. The lowest BCUT2D eigenvalue weighted by Crippen LogP contribution is -2.56. The summed E-state index contributed by atoms with van der Waals surface area (Å²) in [5, 5.41) is 15.7. The van der Waals surface area contributed by atoms with Crippen molar-refractivity contribution in [1.29, 1.82) is 5.26 Å². The van der Waals surface area contributed by atoms with Gasteiger partial charge in [-0.25, -0.2) is 0 Å². The van der Waals surface area contributed by atoms with Crippen LogP contribution in [-0.2, 0) is 4.79 Å². The van der Waals surface area contributed by atoms with Gasteiger partial charge in [0.1, 0.15) is 17.4 Å². The third-order valence-corrected chi connectivity index (χ3v) is 7.19. The smallest absolute Gasteiger partial charge is 0.263 e. The van der Waals surface area contributed by atoms with Crippen molar-refractivity contribution < 1.29 is 9.53 Å². The zero-order valence-electron chi connectivity index (χ0n) is 16.7. The Balaban J connectivity index is 1.40. The number of hydrogen-bond acceptors (Lipinski definition) is 4. The molecule has 0 heterocycles.